The lowest BCUT2D eigenvalue weighted by Gasteiger charge is -2.04. The van der Waals surface area contributed by atoms with E-state index >= 15 is 0 Å². The van der Waals surface area contributed by atoms with Gasteiger partial charge in [-0.25, -0.2) is 0 Å². The summed E-state index contributed by atoms with van der Waals surface area (Å²) in [5.74, 6) is 0.0795. The summed E-state index contributed by atoms with van der Waals surface area (Å²) < 4.78 is 1.69. The van der Waals surface area contributed by atoms with Gasteiger partial charge in [0, 0.05) is 17.3 Å². The Labute approximate surface area is 123 Å². The predicted octanol–water partition coefficient (Wildman–Crippen LogP) is 3.74. The smallest absolute Gasteiger partial charge is 0.184 e. The van der Waals surface area contributed by atoms with E-state index in [1.165, 1.54) is 0 Å². The van der Waals surface area contributed by atoms with Gasteiger partial charge >= 0.3 is 0 Å². The first-order chi connectivity index (χ1) is 10.2. The third-order valence-corrected chi connectivity index (χ3v) is 3.49. The van der Waals surface area contributed by atoms with Crippen molar-refractivity contribution in [2.45, 2.75) is 13.5 Å². The van der Waals surface area contributed by atoms with Gasteiger partial charge in [0.1, 0.15) is 6.54 Å². The van der Waals surface area contributed by atoms with E-state index in [-0.39, 0.29) is 12.3 Å². The van der Waals surface area contributed by atoms with Gasteiger partial charge in [-0.15, -0.1) is 0 Å². The molecule has 3 nitrogen and oxygen atoms in total. The highest BCUT2D eigenvalue weighted by Gasteiger charge is 2.10. The number of Topliss-reactive ketones (excluding diaryl/α,β-unsaturated/α-hetero) is 1. The normalized spacial score (nSPS) is 10.5. The minimum atomic E-state index is 0.0795. The maximum absolute atomic E-state index is 12.3. The molecule has 0 fully saturated rings. The molecule has 0 atom stereocenters. The lowest BCUT2D eigenvalue weighted by atomic mass is 10.1. The van der Waals surface area contributed by atoms with Gasteiger partial charge < -0.3 is 0 Å². The van der Waals surface area contributed by atoms with E-state index in [0.29, 0.717) is 0 Å². The molecule has 0 amide bonds. The zero-order valence-electron chi connectivity index (χ0n) is 11.9. The van der Waals surface area contributed by atoms with Crippen LogP contribution in [-0.2, 0) is 6.54 Å². The molecule has 3 rings (SSSR count). The Morgan fingerprint density at radius 1 is 1.00 bits per heavy atom. The van der Waals surface area contributed by atoms with Crippen molar-refractivity contribution >= 4 is 5.78 Å². The number of aromatic nitrogens is 2. The monoisotopic (exact) mass is 276 g/mol. The largest absolute Gasteiger partial charge is 0.292 e. The Kier molecular flexibility index (Phi) is 3.65. The number of ketones is 1. The van der Waals surface area contributed by atoms with Crippen LogP contribution in [0.15, 0.2) is 67.0 Å². The molecule has 2 aromatic carbocycles. The molecular weight excluding hydrogens is 260 g/mol. The number of hydrogen-bond acceptors (Lipinski definition) is 2. The molecule has 3 heteroatoms. The molecule has 0 unspecified atom stereocenters. The van der Waals surface area contributed by atoms with Crippen LogP contribution in [0, 0.1) is 6.92 Å². The van der Waals surface area contributed by atoms with Crippen LogP contribution in [0.25, 0.3) is 11.1 Å². The molecule has 0 N–H and O–H groups in total. The molecule has 0 saturated heterocycles. The topological polar surface area (TPSA) is 34.9 Å². The summed E-state index contributed by atoms with van der Waals surface area (Å²) in [6.07, 6.45) is 3.70. The molecule has 21 heavy (non-hydrogen) atoms. The van der Waals surface area contributed by atoms with Gasteiger partial charge in [-0.1, -0.05) is 54.6 Å². The number of aryl methyl sites for hydroxylation is 1. The molecular formula is C18H16N2O. The van der Waals surface area contributed by atoms with Crippen molar-refractivity contribution in [3.63, 3.8) is 0 Å². The highest BCUT2D eigenvalue weighted by molar-refractivity contribution is 5.97. The van der Waals surface area contributed by atoms with E-state index in [0.717, 1.165) is 22.3 Å². The Hall–Kier alpha value is -2.68. The Morgan fingerprint density at radius 2 is 1.71 bits per heavy atom. The highest BCUT2D eigenvalue weighted by Crippen LogP contribution is 2.18. The SMILES string of the molecule is Cc1ccccc1C(=O)Cn1cc(-c2ccccc2)cn1. The van der Waals surface area contributed by atoms with Crippen molar-refractivity contribution in [1.29, 1.82) is 0 Å². The molecule has 3 aromatic rings. The van der Waals surface area contributed by atoms with E-state index in [2.05, 4.69) is 5.10 Å². The number of carbonyl (C=O) groups excluding carboxylic acids is 1. The number of benzene rings is 2. The summed E-state index contributed by atoms with van der Waals surface area (Å²) in [5.41, 5.74) is 3.88. The third-order valence-electron chi connectivity index (χ3n) is 3.49. The standard InChI is InChI=1S/C18H16N2O/c1-14-7-5-6-10-17(14)18(21)13-20-12-16(11-19-20)15-8-3-2-4-9-15/h2-12H,13H2,1H3. The fourth-order valence-electron chi connectivity index (χ4n) is 2.35. The first-order valence-corrected chi connectivity index (χ1v) is 6.91. The van der Waals surface area contributed by atoms with Gasteiger partial charge in [-0.05, 0) is 18.1 Å². The molecule has 0 radical (unpaired) electrons. The summed E-state index contributed by atoms with van der Waals surface area (Å²) >= 11 is 0. The minimum absolute atomic E-state index is 0.0795. The van der Waals surface area contributed by atoms with Crippen molar-refractivity contribution in [2.75, 3.05) is 0 Å². The van der Waals surface area contributed by atoms with Crippen LogP contribution >= 0.6 is 0 Å². The molecule has 104 valence electrons. The average Bonchev–Trinajstić information content (AvgIpc) is 2.97. The Balaban J connectivity index is 1.79. The lowest BCUT2D eigenvalue weighted by molar-refractivity contribution is 0.0967. The van der Waals surface area contributed by atoms with Crippen molar-refractivity contribution < 1.29 is 4.79 Å². The lowest BCUT2D eigenvalue weighted by Crippen LogP contribution is -2.11. The molecule has 0 bridgehead atoms. The Morgan fingerprint density at radius 3 is 2.48 bits per heavy atom. The molecule has 0 aliphatic rings. The summed E-state index contributed by atoms with van der Waals surface area (Å²) in [6, 6.07) is 17.7. The minimum Gasteiger partial charge on any atom is -0.292 e. The fraction of sp³-hybridized carbons (Fsp3) is 0.111. The molecule has 1 heterocycles. The van der Waals surface area contributed by atoms with Crippen molar-refractivity contribution in [1.82, 2.24) is 9.78 Å². The third kappa shape index (κ3) is 2.92. The van der Waals surface area contributed by atoms with Crippen LogP contribution in [0.2, 0.25) is 0 Å². The number of nitrogens with zero attached hydrogens (tertiary/aromatic N) is 2. The van der Waals surface area contributed by atoms with Gasteiger partial charge in [0.25, 0.3) is 0 Å². The maximum Gasteiger partial charge on any atom is 0.184 e. The second-order valence-electron chi connectivity index (χ2n) is 5.03. The summed E-state index contributed by atoms with van der Waals surface area (Å²) in [4.78, 5) is 12.3. The van der Waals surface area contributed by atoms with Gasteiger partial charge in [0.05, 0.1) is 6.20 Å². The molecule has 0 saturated carbocycles. The van der Waals surface area contributed by atoms with Crippen LogP contribution < -0.4 is 0 Å². The van der Waals surface area contributed by atoms with Crippen LogP contribution in [-0.4, -0.2) is 15.6 Å². The van der Waals surface area contributed by atoms with Crippen molar-refractivity contribution in [3.8, 4) is 11.1 Å². The summed E-state index contributed by atoms with van der Waals surface area (Å²) in [6.45, 7) is 2.21. The van der Waals surface area contributed by atoms with Gasteiger partial charge in [-0.2, -0.15) is 5.10 Å². The molecule has 0 spiro atoms. The summed E-state index contributed by atoms with van der Waals surface area (Å²) in [7, 11) is 0. The van der Waals surface area contributed by atoms with E-state index < -0.39 is 0 Å². The van der Waals surface area contributed by atoms with E-state index in [1.807, 2.05) is 67.7 Å². The van der Waals surface area contributed by atoms with Crippen molar-refractivity contribution in [3.05, 3.63) is 78.1 Å². The van der Waals surface area contributed by atoms with Crippen LogP contribution in [0.3, 0.4) is 0 Å². The molecule has 0 aliphatic heterocycles. The molecule has 0 aliphatic carbocycles. The van der Waals surface area contributed by atoms with E-state index in [9.17, 15) is 4.79 Å². The van der Waals surface area contributed by atoms with Crippen LogP contribution in [0.4, 0.5) is 0 Å². The van der Waals surface area contributed by atoms with Crippen molar-refractivity contribution in [2.24, 2.45) is 0 Å². The first-order valence-electron chi connectivity index (χ1n) is 6.91. The Bertz CT molecular complexity index is 760. The van der Waals surface area contributed by atoms with Gasteiger partial charge in [-0.3, -0.25) is 9.48 Å². The fourth-order valence-corrected chi connectivity index (χ4v) is 2.35. The van der Waals surface area contributed by atoms with E-state index in [4.69, 9.17) is 0 Å². The second-order valence-corrected chi connectivity index (χ2v) is 5.03. The first kappa shape index (κ1) is 13.3. The highest BCUT2D eigenvalue weighted by atomic mass is 16.1. The van der Waals surface area contributed by atoms with Crippen LogP contribution in [0.1, 0.15) is 15.9 Å². The molecule has 1 aromatic heterocycles. The zero-order chi connectivity index (χ0) is 14.7. The van der Waals surface area contributed by atoms with Crippen LogP contribution in [0.5, 0.6) is 0 Å². The van der Waals surface area contributed by atoms with Gasteiger partial charge in [0.2, 0.25) is 0 Å². The van der Waals surface area contributed by atoms with E-state index in [1.54, 1.807) is 10.9 Å². The second kappa shape index (κ2) is 5.75. The number of carbonyl (C=O) groups is 1. The maximum atomic E-state index is 12.3. The predicted molar refractivity (Wildman–Crippen MR) is 83.2 cm³/mol. The quantitative estimate of drug-likeness (QED) is 0.680. The number of rotatable bonds is 4. The summed E-state index contributed by atoms with van der Waals surface area (Å²) in [5, 5.41) is 4.28. The number of hydrogen-bond donors (Lipinski definition) is 0. The zero-order valence-corrected chi connectivity index (χ0v) is 11.9. The average molecular weight is 276 g/mol. The van der Waals surface area contributed by atoms with Gasteiger partial charge in [0.15, 0.2) is 5.78 Å².